The van der Waals surface area contributed by atoms with Gasteiger partial charge in [0, 0.05) is 23.7 Å². The van der Waals surface area contributed by atoms with Crippen LogP contribution in [0.15, 0.2) is 28.8 Å². The Labute approximate surface area is 170 Å². The lowest BCUT2D eigenvalue weighted by Crippen LogP contribution is -2.62. The Bertz CT molecular complexity index is 918. The molecule has 1 heterocycles. The van der Waals surface area contributed by atoms with Gasteiger partial charge in [-0.2, -0.15) is 0 Å². The van der Waals surface area contributed by atoms with E-state index in [0.29, 0.717) is 25.0 Å². The average Bonchev–Trinajstić information content (AvgIpc) is 3.12. The van der Waals surface area contributed by atoms with Gasteiger partial charge in [-0.05, 0) is 49.7 Å². The van der Waals surface area contributed by atoms with Crippen LogP contribution in [0.25, 0.3) is 0 Å². The maximum Gasteiger partial charge on any atom is 0.227 e. The van der Waals surface area contributed by atoms with Crippen molar-refractivity contribution < 1.29 is 24.2 Å². The molecule has 1 aliphatic heterocycles. The Kier molecular flexibility index (Phi) is 3.75. The van der Waals surface area contributed by atoms with Gasteiger partial charge < -0.3 is 9.84 Å². The first-order valence-electron chi connectivity index (χ1n) is 10.5. The number of allylic oxidation sites excluding steroid dienone is 4. The maximum absolute atomic E-state index is 12.9. The first-order chi connectivity index (χ1) is 13.7. The lowest BCUT2D eigenvalue weighted by atomic mass is 9.46. The molecule has 5 rings (SSSR count). The summed E-state index contributed by atoms with van der Waals surface area (Å²) in [4.78, 5) is 41.1. The minimum atomic E-state index is -1.23. The molecule has 0 aromatic rings. The molecule has 1 N–H and O–H groups in total. The lowest BCUT2D eigenvalue weighted by Gasteiger charge is -2.59. The molecule has 0 amide bonds. The van der Waals surface area contributed by atoms with E-state index in [1.54, 1.807) is 19.1 Å². The summed E-state index contributed by atoms with van der Waals surface area (Å²) >= 11 is 0. The Morgan fingerprint density at radius 2 is 2.14 bits per heavy atom. The summed E-state index contributed by atoms with van der Waals surface area (Å²) < 4.78 is 5.95. The molecule has 0 bridgehead atoms. The number of ketones is 2. The monoisotopic (exact) mass is 397 g/mol. The highest BCUT2D eigenvalue weighted by atomic mass is 16.5. The number of Topliss-reactive ketones (excluding diaryl/α,β-unsaturated/α-hetero) is 1. The first kappa shape index (κ1) is 18.9. The van der Waals surface area contributed by atoms with Gasteiger partial charge >= 0.3 is 0 Å². The largest absolute Gasteiger partial charge is 0.475 e. The van der Waals surface area contributed by atoms with Crippen LogP contribution in [0, 0.1) is 28.6 Å². The van der Waals surface area contributed by atoms with Crippen molar-refractivity contribution in [2.75, 3.05) is 0 Å². The molecule has 0 radical (unpaired) electrons. The van der Waals surface area contributed by atoms with Crippen molar-refractivity contribution in [1.82, 2.24) is 0 Å². The van der Waals surface area contributed by atoms with Crippen molar-refractivity contribution in [3.05, 3.63) is 23.8 Å². The second kappa shape index (κ2) is 5.75. The van der Waals surface area contributed by atoms with E-state index in [-0.39, 0.29) is 29.0 Å². The number of ether oxygens (including phenoxy) is 1. The predicted molar refractivity (Wildman–Crippen MR) is 105 cm³/mol. The van der Waals surface area contributed by atoms with Crippen LogP contribution >= 0.6 is 0 Å². The zero-order chi connectivity index (χ0) is 20.8. The maximum atomic E-state index is 12.9. The quantitative estimate of drug-likeness (QED) is 0.570. The van der Waals surface area contributed by atoms with Gasteiger partial charge in [-0.3, -0.25) is 14.4 Å². The topological polar surface area (TPSA) is 93.0 Å². The van der Waals surface area contributed by atoms with E-state index < -0.39 is 28.9 Å². The minimum Gasteiger partial charge on any atom is -0.475 e. The number of aliphatic hydroxyl groups excluding tert-OH is 1. The SMILES string of the molecule is CC1=NC2(C(=O)C=O)[C@@H](CC3C4CCC5=CC(=O)C=C[C@]5(C)C4[C@@H](O)C[C@@]32C)O1. The molecule has 0 saturated heterocycles. The van der Waals surface area contributed by atoms with E-state index >= 15 is 0 Å². The Morgan fingerprint density at radius 3 is 2.86 bits per heavy atom. The zero-order valence-corrected chi connectivity index (χ0v) is 17.1. The van der Waals surface area contributed by atoms with Crippen molar-refractivity contribution in [2.45, 2.75) is 64.2 Å². The van der Waals surface area contributed by atoms with Gasteiger partial charge in [-0.25, -0.2) is 4.99 Å². The molecule has 3 saturated carbocycles. The van der Waals surface area contributed by atoms with Crippen molar-refractivity contribution >= 4 is 23.8 Å². The number of carbonyl (C=O) groups is 3. The van der Waals surface area contributed by atoms with Gasteiger partial charge in [-0.1, -0.05) is 25.5 Å². The molecule has 8 atom stereocenters. The third-order valence-corrected chi connectivity index (χ3v) is 8.82. The van der Waals surface area contributed by atoms with Gasteiger partial charge in [0.05, 0.1) is 6.10 Å². The highest BCUT2D eigenvalue weighted by molar-refractivity contribution is 6.30. The molecule has 6 heteroatoms. The summed E-state index contributed by atoms with van der Waals surface area (Å²) in [5.74, 6) is 0.167. The van der Waals surface area contributed by atoms with Crippen LogP contribution in [0.3, 0.4) is 0 Å². The molecule has 5 aliphatic rings. The number of aliphatic imine (C=N–C) groups is 1. The van der Waals surface area contributed by atoms with Crippen molar-refractivity contribution in [3.8, 4) is 0 Å². The van der Waals surface area contributed by atoms with Gasteiger partial charge in [-0.15, -0.1) is 0 Å². The number of fused-ring (bicyclic) bond motifs is 7. The van der Waals surface area contributed by atoms with E-state index in [0.717, 1.165) is 18.4 Å². The molecule has 154 valence electrons. The summed E-state index contributed by atoms with van der Waals surface area (Å²) in [6, 6.07) is 0. The molecule has 4 unspecified atom stereocenters. The van der Waals surface area contributed by atoms with E-state index in [4.69, 9.17) is 4.74 Å². The van der Waals surface area contributed by atoms with Crippen LogP contribution in [-0.4, -0.2) is 46.6 Å². The molecule has 29 heavy (non-hydrogen) atoms. The van der Waals surface area contributed by atoms with Gasteiger partial charge in [0.2, 0.25) is 5.78 Å². The fourth-order valence-corrected chi connectivity index (χ4v) is 7.71. The van der Waals surface area contributed by atoms with E-state index in [9.17, 15) is 19.5 Å². The minimum absolute atomic E-state index is 0.00945. The van der Waals surface area contributed by atoms with Crippen LogP contribution in [0.5, 0.6) is 0 Å². The molecular formula is C23H27NO5. The number of nitrogens with zero attached hydrogens (tertiary/aromatic N) is 1. The van der Waals surface area contributed by atoms with Crippen molar-refractivity contribution in [1.29, 1.82) is 0 Å². The summed E-state index contributed by atoms with van der Waals surface area (Å²) in [6.45, 7) is 5.85. The van der Waals surface area contributed by atoms with Gasteiger partial charge in [0.1, 0.15) is 6.10 Å². The van der Waals surface area contributed by atoms with E-state index in [1.165, 1.54) is 0 Å². The van der Waals surface area contributed by atoms with Crippen LogP contribution in [0.2, 0.25) is 0 Å². The number of carbonyl (C=O) groups excluding carboxylic acids is 3. The number of aldehydes is 1. The van der Waals surface area contributed by atoms with Crippen LogP contribution in [0.4, 0.5) is 0 Å². The fourth-order valence-electron chi connectivity index (χ4n) is 7.71. The number of aliphatic hydroxyl groups is 1. The van der Waals surface area contributed by atoms with E-state index in [2.05, 4.69) is 11.9 Å². The third-order valence-electron chi connectivity index (χ3n) is 8.82. The highest BCUT2D eigenvalue weighted by Crippen LogP contribution is 2.69. The van der Waals surface area contributed by atoms with Crippen LogP contribution in [-0.2, 0) is 19.1 Å². The average molecular weight is 397 g/mol. The zero-order valence-electron chi connectivity index (χ0n) is 17.1. The molecule has 0 aromatic carbocycles. The van der Waals surface area contributed by atoms with Crippen molar-refractivity contribution in [2.24, 2.45) is 33.6 Å². The molecule has 6 nitrogen and oxygen atoms in total. The Hall–Kier alpha value is -2.08. The van der Waals surface area contributed by atoms with Gasteiger partial charge in [0.15, 0.2) is 23.5 Å². The number of hydrogen-bond acceptors (Lipinski definition) is 6. The summed E-state index contributed by atoms with van der Waals surface area (Å²) in [6.07, 6.45) is 7.28. The normalized spacial score (nSPS) is 49.8. The lowest BCUT2D eigenvalue weighted by molar-refractivity contribution is -0.147. The molecule has 3 fully saturated rings. The highest BCUT2D eigenvalue weighted by Gasteiger charge is 2.74. The summed E-state index contributed by atoms with van der Waals surface area (Å²) in [7, 11) is 0. The summed E-state index contributed by atoms with van der Waals surface area (Å²) in [5.41, 5.74) is -1.14. The standard InChI is InChI=1S/C23H27NO5/c1-12-24-23(18(28)11-25)19(29-12)9-16-15-5-4-13-8-14(26)6-7-21(13,2)20(15)17(27)10-22(16,23)3/h6-8,11,15-17,19-20,27H,4-5,9-10H2,1-3H3/t15?,16?,17-,19+,20?,21-,22-,23?/m0/s1. The van der Waals surface area contributed by atoms with Crippen LogP contribution in [0.1, 0.15) is 46.5 Å². The summed E-state index contributed by atoms with van der Waals surface area (Å²) in [5, 5.41) is 11.4. The molecule has 0 aromatic heterocycles. The molecular weight excluding hydrogens is 370 g/mol. The van der Waals surface area contributed by atoms with Gasteiger partial charge in [0.25, 0.3) is 0 Å². The Balaban J connectivity index is 1.61. The van der Waals surface area contributed by atoms with Crippen LogP contribution < -0.4 is 0 Å². The Morgan fingerprint density at radius 1 is 1.38 bits per heavy atom. The third kappa shape index (κ3) is 2.11. The molecule has 0 spiro atoms. The number of hydrogen-bond donors (Lipinski definition) is 1. The number of rotatable bonds is 2. The predicted octanol–water partition coefficient (Wildman–Crippen LogP) is 2.20. The second-order valence-corrected chi connectivity index (χ2v) is 9.93. The van der Waals surface area contributed by atoms with Crippen molar-refractivity contribution in [3.63, 3.8) is 0 Å². The smallest absolute Gasteiger partial charge is 0.227 e. The second-order valence-electron chi connectivity index (χ2n) is 9.93. The fraction of sp³-hybridized carbons (Fsp3) is 0.652. The molecule has 4 aliphatic carbocycles. The van der Waals surface area contributed by atoms with E-state index in [1.807, 2.05) is 13.0 Å². The first-order valence-corrected chi connectivity index (χ1v) is 10.5.